The Balaban J connectivity index is 2.06. The lowest BCUT2D eigenvalue weighted by atomic mass is 10.2. The molecule has 1 atom stereocenters. The lowest BCUT2D eigenvalue weighted by molar-refractivity contribution is -0.132. The maximum Gasteiger partial charge on any atom is 0.246 e. The third kappa shape index (κ3) is 4.90. The van der Waals surface area contributed by atoms with Gasteiger partial charge in [-0.2, -0.15) is 4.31 Å². The maximum absolute atomic E-state index is 12.4. The van der Waals surface area contributed by atoms with Gasteiger partial charge in [0.25, 0.3) is 0 Å². The van der Waals surface area contributed by atoms with Crippen molar-refractivity contribution in [3.8, 4) is 0 Å². The normalized spacial score (nSPS) is 18.9. The molecule has 1 fully saturated rings. The summed E-state index contributed by atoms with van der Waals surface area (Å²) in [7, 11) is -3.45. The number of nitrogens with zero attached hydrogens (tertiary/aromatic N) is 2. The van der Waals surface area contributed by atoms with E-state index in [0.29, 0.717) is 32.8 Å². The van der Waals surface area contributed by atoms with Crippen LogP contribution >= 0.6 is 0 Å². The zero-order chi connectivity index (χ0) is 18.4. The number of carbonyl (C=O) groups is 1. The van der Waals surface area contributed by atoms with Crippen molar-refractivity contribution in [3.05, 3.63) is 35.9 Å². The number of amides is 1. The number of carbonyl (C=O) groups excluding carboxylic acids is 1. The Kier molecular flexibility index (Phi) is 6.75. The quantitative estimate of drug-likeness (QED) is 0.722. The largest absolute Gasteiger partial charge is 0.375 e. The fourth-order valence-corrected chi connectivity index (χ4v) is 4.21. The Hall–Kier alpha value is -1.70. The Morgan fingerprint density at radius 3 is 2.48 bits per heavy atom. The van der Waals surface area contributed by atoms with Crippen LogP contribution in [0.2, 0.25) is 0 Å². The van der Waals surface area contributed by atoms with Crippen LogP contribution in [0.5, 0.6) is 0 Å². The lowest BCUT2D eigenvalue weighted by Gasteiger charge is -2.30. The first kappa shape index (κ1) is 19.6. The summed E-state index contributed by atoms with van der Waals surface area (Å²) < 4.78 is 31.7. The van der Waals surface area contributed by atoms with E-state index in [1.54, 1.807) is 35.2 Å². The number of ether oxygens (including phenoxy) is 1. The number of hydrogen-bond acceptors (Lipinski definition) is 4. The molecule has 2 rings (SSSR count). The monoisotopic (exact) mass is 366 g/mol. The molecule has 138 valence electrons. The standard InChI is InChI=1S/C18H26N2O4S/c1-4-20(5-2)25(22,23)17-9-6-16(7-10-17)8-11-18(21)19-12-13-24-15(3)14-19/h6-11,15H,4-5,12-14H2,1-3H3/b11-8+. The molecule has 25 heavy (non-hydrogen) atoms. The molecule has 1 unspecified atom stereocenters. The van der Waals surface area contributed by atoms with Gasteiger partial charge in [-0.15, -0.1) is 0 Å². The Labute approximate surface area is 150 Å². The molecule has 7 heteroatoms. The molecule has 1 aromatic carbocycles. The summed E-state index contributed by atoms with van der Waals surface area (Å²) in [5.74, 6) is -0.0602. The Morgan fingerprint density at radius 1 is 1.28 bits per heavy atom. The smallest absolute Gasteiger partial charge is 0.246 e. The molecule has 1 heterocycles. The van der Waals surface area contributed by atoms with Crippen LogP contribution in [0.4, 0.5) is 0 Å². The van der Waals surface area contributed by atoms with Crippen LogP contribution < -0.4 is 0 Å². The zero-order valence-corrected chi connectivity index (χ0v) is 15.8. The SMILES string of the molecule is CCN(CC)S(=O)(=O)c1ccc(/C=C/C(=O)N2CCOC(C)C2)cc1. The van der Waals surface area contributed by atoms with Crippen LogP contribution in [0, 0.1) is 0 Å². The number of sulfonamides is 1. The summed E-state index contributed by atoms with van der Waals surface area (Å²) in [6, 6.07) is 6.58. The van der Waals surface area contributed by atoms with Crippen LogP contribution in [0.1, 0.15) is 26.3 Å². The summed E-state index contributed by atoms with van der Waals surface area (Å²) in [5.41, 5.74) is 0.785. The van der Waals surface area contributed by atoms with Crippen LogP contribution in [-0.2, 0) is 19.6 Å². The van der Waals surface area contributed by atoms with Gasteiger partial charge in [0.1, 0.15) is 0 Å². The molecule has 0 bridgehead atoms. The van der Waals surface area contributed by atoms with Gasteiger partial charge in [0.05, 0.1) is 17.6 Å². The van der Waals surface area contributed by atoms with Gasteiger partial charge in [-0.05, 0) is 30.7 Å². The minimum Gasteiger partial charge on any atom is -0.375 e. The lowest BCUT2D eigenvalue weighted by Crippen LogP contribution is -2.43. The molecule has 0 N–H and O–H groups in total. The number of rotatable bonds is 6. The summed E-state index contributed by atoms with van der Waals surface area (Å²) in [6.07, 6.45) is 3.28. The molecule has 0 aliphatic carbocycles. The van der Waals surface area contributed by atoms with Crippen molar-refractivity contribution in [2.75, 3.05) is 32.8 Å². The van der Waals surface area contributed by atoms with Gasteiger partial charge in [0.15, 0.2) is 0 Å². The summed E-state index contributed by atoms with van der Waals surface area (Å²) in [6.45, 7) is 8.18. The summed E-state index contributed by atoms with van der Waals surface area (Å²) >= 11 is 0. The van der Waals surface area contributed by atoms with Crippen molar-refractivity contribution in [1.29, 1.82) is 0 Å². The molecule has 0 radical (unpaired) electrons. The third-order valence-corrected chi connectivity index (χ3v) is 6.26. The predicted molar refractivity (Wildman–Crippen MR) is 97.6 cm³/mol. The van der Waals surface area contributed by atoms with Gasteiger partial charge in [-0.3, -0.25) is 4.79 Å². The van der Waals surface area contributed by atoms with E-state index in [1.165, 1.54) is 10.4 Å². The molecule has 0 aromatic heterocycles. The van der Waals surface area contributed by atoms with Crippen LogP contribution in [0.25, 0.3) is 6.08 Å². The summed E-state index contributed by atoms with van der Waals surface area (Å²) in [5, 5.41) is 0. The zero-order valence-electron chi connectivity index (χ0n) is 15.0. The molecule has 1 amide bonds. The highest BCUT2D eigenvalue weighted by atomic mass is 32.2. The molecular formula is C18H26N2O4S. The molecule has 6 nitrogen and oxygen atoms in total. The van der Waals surface area contributed by atoms with E-state index >= 15 is 0 Å². The fourth-order valence-electron chi connectivity index (χ4n) is 2.76. The number of morpholine rings is 1. The Bertz CT molecular complexity index is 709. The van der Waals surface area contributed by atoms with Gasteiger partial charge in [-0.1, -0.05) is 26.0 Å². The first-order valence-corrected chi connectivity index (χ1v) is 10.0. The topological polar surface area (TPSA) is 66.9 Å². The van der Waals surface area contributed by atoms with Gasteiger partial charge in [0.2, 0.25) is 15.9 Å². The highest BCUT2D eigenvalue weighted by molar-refractivity contribution is 7.89. The van der Waals surface area contributed by atoms with E-state index in [9.17, 15) is 13.2 Å². The van der Waals surface area contributed by atoms with Gasteiger partial charge in [-0.25, -0.2) is 8.42 Å². The molecule has 1 aliphatic heterocycles. The minimum absolute atomic E-state index is 0.0515. The van der Waals surface area contributed by atoms with E-state index in [2.05, 4.69) is 0 Å². The first-order chi connectivity index (χ1) is 11.9. The van der Waals surface area contributed by atoms with E-state index in [1.807, 2.05) is 20.8 Å². The van der Waals surface area contributed by atoms with Crippen molar-refractivity contribution < 1.29 is 17.9 Å². The van der Waals surface area contributed by atoms with E-state index in [-0.39, 0.29) is 16.9 Å². The predicted octanol–water partition coefficient (Wildman–Crippen LogP) is 1.98. The van der Waals surface area contributed by atoms with Crippen LogP contribution in [0.15, 0.2) is 35.2 Å². The van der Waals surface area contributed by atoms with E-state index in [0.717, 1.165) is 5.56 Å². The average Bonchev–Trinajstić information content (AvgIpc) is 2.61. The molecule has 1 aliphatic rings. The van der Waals surface area contributed by atoms with Gasteiger partial charge < -0.3 is 9.64 Å². The van der Waals surface area contributed by atoms with E-state index in [4.69, 9.17) is 4.74 Å². The van der Waals surface area contributed by atoms with Crippen molar-refractivity contribution in [3.63, 3.8) is 0 Å². The maximum atomic E-state index is 12.4. The summed E-state index contributed by atoms with van der Waals surface area (Å²) in [4.78, 5) is 14.2. The van der Waals surface area contributed by atoms with Crippen LogP contribution in [-0.4, -0.2) is 62.4 Å². The van der Waals surface area contributed by atoms with Crippen molar-refractivity contribution in [1.82, 2.24) is 9.21 Å². The second-order valence-electron chi connectivity index (χ2n) is 5.96. The minimum atomic E-state index is -3.45. The highest BCUT2D eigenvalue weighted by Gasteiger charge is 2.21. The Morgan fingerprint density at radius 2 is 1.92 bits per heavy atom. The van der Waals surface area contributed by atoms with Gasteiger partial charge >= 0.3 is 0 Å². The molecule has 0 saturated carbocycles. The van der Waals surface area contributed by atoms with Crippen molar-refractivity contribution in [2.45, 2.75) is 31.8 Å². The van der Waals surface area contributed by atoms with Crippen molar-refractivity contribution in [2.24, 2.45) is 0 Å². The molecule has 1 saturated heterocycles. The first-order valence-electron chi connectivity index (χ1n) is 8.57. The third-order valence-electron chi connectivity index (χ3n) is 4.19. The van der Waals surface area contributed by atoms with Crippen molar-refractivity contribution >= 4 is 22.0 Å². The van der Waals surface area contributed by atoms with E-state index < -0.39 is 10.0 Å². The average molecular weight is 366 g/mol. The fraction of sp³-hybridized carbons (Fsp3) is 0.500. The highest BCUT2D eigenvalue weighted by Crippen LogP contribution is 2.17. The molecule has 0 spiro atoms. The molecular weight excluding hydrogens is 340 g/mol. The number of hydrogen-bond donors (Lipinski definition) is 0. The second kappa shape index (κ2) is 8.60. The number of benzene rings is 1. The second-order valence-corrected chi connectivity index (χ2v) is 7.90. The van der Waals surface area contributed by atoms with Gasteiger partial charge in [0, 0.05) is 32.3 Å². The van der Waals surface area contributed by atoms with Crippen LogP contribution in [0.3, 0.4) is 0 Å². The molecule has 1 aromatic rings.